The molecule has 0 radical (unpaired) electrons. The quantitative estimate of drug-likeness (QED) is 0.845. The number of anilines is 1. The van der Waals surface area contributed by atoms with Crippen LogP contribution in [0.4, 0.5) is 5.82 Å². The van der Waals surface area contributed by atoms with Crippen LogP contribution in [0.1, 0.15) is 24.1 Å². The van der Waals surface area contributed by atoms with Crippen molar-refractivity contribution in [3.63, 3.8) is 0 Å². The van der Waals surface area contributed by atoms with E-state index in [1.807, 2.05) is 18.2 Å². The highest BCUT2D eigenvalue weighted by Gasteiger charge is 2.33. The van der Waals surface area contributed by atoms with Gasteiger partial charge >= 0.3 is 0 Å². The monoisotopic (exact) mass is 336 g/mol. The number of halogens is 2. The van der Waals surface area contributed by atoms with Gasteiger partial charge in [-0.15, -0.1) is 0 Å². The third-order valence-corrected chi connectivity index (χ3v) is 4.09. The summed E-state index contributed by atoms with van der Waals surface area (Å²) in [7, 11) is 0. The first-order valence-corrected chi connectivity index (χ1v) is 7.59. The molecule has 2 N–H and O–H groups in total. The van der Waals surface area contributed by atoms with Crippen LogP contribution in [0.2, 0.25) is 10.3 Å². The lowest BCUT2D eigenvalue weighted by molar-refractivity contribution is -0.119. The standard InChI is InChI=1S/C15H14Cl2N4O/c1-8(22)19-13-10-5-3-2-4-9(10)6-12(13)20-14-11(16)7-18-15(17)21-14/h2-5,7,12-13H,6H2,1H3,(H,19,22)(H,18,20,21). The minimum atomic E-state index is -0.140. The first-order chi connectivity index (χ1) is 10.5. The van der Waals surface area contributed by atoms with Crippen LogP contribution >= 0.6 is 23.2 Å². The molecule has 3 rings (SSSR count). The van der Waals surface area contributed by atoms with Crippen LogP contribution in [-0.2, 0) is 11.2 Å². The van der Waals surface area contributed by atoms with Crippen molar-refractivity contribution in [2.75, 3.05) is 5.32 Å². The number of carbonyl (C=O) groups excluding carboxylic acids is 1. The molecule has 2 unspecified atom stereocenters. The smallest absolute Gasteiger partial charge is 0.224 e. The number of hydrogen-bond acceptors (Lipinski definition) is 4. The summed E-state index contributed by atoms with van der Waals surface area (Å²) < 4.78 is 0. The fourth-order valence-electron chi connectivity index (χ4n) is 2.75. The molecule has 7 heteroatoms. The molecule has 5 nitrogen and oxygen atoms in total. The largest absolute Gasteiger partial charge is 0.363 e. The lowest BCUT2D eigenvalue weighted by Crippen LogP contribution is -2.37. The molecule has 0 bridgehead atoms. The second-order valence-electron chi connectivity index (χ2n) is 5.17. The van der Waals surface area contributed by atoms with Crippen molar-refractivity contribution < 1.29 is 4.79 Å². The van der Waals surface area contributed by atoms with E-state index in [1.165, 1.54) is 18.7 Å². The number of nitrogens with one attached hydrogen (secondary N) is 2. The molecular formula is C15H14Cl2N4O. The predicted octanol–water partition coefficient (Wildman–Crippen LogP) is 3.00. The van der Waals surface area contributed by atoms with Crippen LogP contribution in [0, 0.1) is 0 Å². The molecule has 0 fully saturated rings. The first-order valence-electron chi connectivity index (χ1n) is 6.84. The molecule has 2 atom stereocenters. The summed E-state index contributed by atoms with van der Waals surface area (Å²) in [6.07, 6.45) is 2.22. The Balaban J connectivity index is 1.90. The molecule has 0 aliphatic heterocycles. The third kappa shape index (κ3) is 3.00. The molecule has 1 aliphatic carbocycles. The van der Waals surface area contributed by atoms with E-state index < -0.39 is 0 Å². The van der Waals surface area contributed by atoms with E-state index in [4.69, 9.17) is 23.2 Å². The van der Waals surface area contributed by atoms with E-state index in [9.17, 15) is 4.79 Å². The number of fused-ring (bicyclic) bond motifs is 1. The van der Waals surface area contributed by atoms with Gasteiger partial charge < -0.3 is 10.6 Å². The van der Waals surface area contributed by atoms with Gasteiger partial charge in [-0.1, -0.05) is 35.9 Å². The zero-order chi connectivity index (χ0) is 15.7. The van der Waals surface area contributed by atoms with Crippen LogP contribution in [0.5, 0.6) is 0 Å². The Morgan fingerprint density at radius 1 is 1.32 bits per heavy atom. The Kier molecular flexibility index (Phi) is 4.18. The lowest BCUT2D eigenvalue weighted by Gasteiger charge is -2.23. The van der Waals surface area contributed by atoms with Crippen LogP contribution < -0.4 is 10.6 Å². The van der Waals surface area contributed by atoms with Gasteiger partial charge in [0.15, 0.2) is 0 Å². The molecule has 0 saturated carbocycles. The van der Waals surface area contributed by atoms with Gasteiger partial charge in [0.1, 0.15) is 10.8 Å². The second-order valence-corrected chi connectivity index (χ2v) is 5.91. The first kappa shape index (κ1) is 15.1. The van der Waals surface area contributed by atoms with E-state index in [0.29, 0.717) is 10.8 Å². The number of rotatable bonds is 3. The molecule has 1 aliphatic rings. The number of carbonyl (C=O) groups is 1. The Morgan fingerprint density at radius 3 is 2.86 bits per heavy atom. The Hall–Kier alpha value is -1.85. The van der Waals surface area contributed by atoms with Crippen molar-refractivity contribution in [3.05, 3.63) is 51.9 Å². The minimum Gasteiger partial charge on any atom is -0.363 e. The number of hydrogen-bond donors (Lipinski definition) is 2. The number of amides is 1. The maximum absolute atomic E-state index is 11.5. The van der Waals surface area contributed by atoms with Crippen molar-refractivity contribution in [1.82, 2.24) is 15.3 Å². The van der Waals surface area contributed by atoms with Gasteiger partial charge in [-0.2, -0.15) is 4.98 Å². The Labute approximate surface area is 138 Å². The van der Waals surface area contributed by atoms with Gasteiger partial charge in [-0.05, 0) is 29.1 Å². The third-order valence-electron chi connectivity index (χ3n) is 3.63. The molecule has 2 aromatic rings. The summed E-state index contributed by atoms with van der Waals surface area (Å²) in [5.74, 6) is 0.384. The maximum Gasteiger partial charge on any atom is 0.224 e. The van der Waals surface area contributed by atoms with Crippen molar-refractivity contribution >= 4 is 34.9 Å². The summed E-state index contributed by atoms with van der Waals surface area (Å²) in [6, 6.07) is 7.83. The van der Waals surface area contributed by atoms with E-state index in [0.717, 1.165) is 12.0 Å². The van der Waals surface area contributed by atoms with Crippen molar-refractivity contribution in [2.45, 2.75) is 25.4 Å². The average molecular weight is 337 g/mol. The van der Waals surface area contributed by atoms with Crippen LogP contribution in [-0.4, -0.2) is 21.9 Å². The van der Waals surface area contributed by atoms with Gasteiger partial charge in [0.2, 0.25) is 11.2 Å². The predicted molar refractivity (Wildman–Crippen MR) is 86.2 cm³/mol. The lowest BCUT2D eigenvalue weighted by atomic mass is 10.1. The SMILES string of the molecule is CC(=O)NC1c2ccccc2CC1Nc1nc(Cl)ncc1Cl. The van der Waals surface area contributed by atoms with Crippen molar-refractivity contribution in [2.24, 2.45) is 0 Å². The van der Waals surface area contributed by atoms with E-state index in [-0.39, 0.29) is 23.3 Å². The highest BCUT2D eigenvalue weighted by molar-refractivity contribution is 6.33. The van der Waals surface area contributed by atoms with Gasteiger partial charge in [0.05, 0.1) is 18.3 Å². The topological polar surface area (TPSA) is 66.9 Å². The Bertz CT molecular complexity index is 722. The number of aromatic nitrogens is 2. The maximum atomic E-state index is 11.5. The van der Waals surface area contributed by atoms with E-state index >= 15 is 0 Å². The van der Waals surface area contributed by atoms with Gasteiger partial charge in [-0.3, -0.25) is 4.79 Å². The van der Waals surface area contributed by atoms with Gasteiger partial charge in [0, 0.05) is 6.92 Å². The van der Waals surface area contributed by atoms with E-state index in [2.05, 4.69) is 26.7 Å². The highest BCUT2D eigenvalue weighted by Crippen LogP contribution is 2.34. The number of nitrogens with zero attached hydrogens (tertiary/aromatic N) is 2. The molecule has 1 aromatic carbocycles. The van der Waals surface area contributed by atoms with Gasteiger partial charge in [0.25, 0.3) is 0 Å². The molecule has 0 spiro atoms. The summed E-state index contributed by atoms with van der Waals surface area (Å²) >= 11 is 11.9. The molecule has 22 heavy (non-hydrogen) atoms. The van der Waals surface area contributed by atoms with Gasteiger partial charge in [-0.25, -0.2) is 4.98 Å². The molecule has 114 valence electrons. The fourth-order valence-corrected chi connectivity index (χ4v) is 3.03. The molecule has 0 saturated heterocycles. The number of benzene rings is 1. The summed E-state index contributed by atoms with van der Waals surface area (Å²) in [4.78, 5) is 19.5. The summed E-state index contributed by atoms with van der Waals surface area (Å²) in [5.41, 5.74) is 2.29. The molecule has 1 aromatic heterocycles. The van der Waals surface area contributed by atoms with Crippen molar-refractivity contribution in [1.29, 1.82) is 0 Å². The Morgan fingerprint density at radius 2 is 2.09 bits per heavy atom. The zero-order valence-electron chi connectivity index (χ0n) is 11.8. The summed E-state index contributed by atoms with van der Waals surface area (Å²) in [6.45, 7) is 1.51. The van der Waals surface area contributed by atoms with Crippen LogP contribution in [0.15, 0.2) is 30.5 Å². The molecule has 1 amide bonds. The fraction of sp³-hybridized carbons (Fsp3) is 0.267. The average Bonchev–Trinajstić information content (AvgIpc) is 2.80. The van der Waals surface area contributed by atoms with Crippen LogP contribution in [0.25, 0.3) is 0 Å². The summed E-state index contributed by atoms with van der Waals surface area (Å²) in [5, 5.41) is 6.77. The highest BCUT2D eigenvalue weighted by atomic mass is 35.5. The van der Waals surface area contributed by atoms with Crippen LogP contribution in [0.3, 0.4) is 0 Å². The molecular weight excluding hydrogens is 323 g/mol. The van der Waals surface area contributed by atoms with E-state index in [1.54, 1.807) is 0 Å². The molecule has 1 heterocycles. The zero-order valence-corrected chi connectivity index (χ0v) is 13.3. The normalized spacial score (nSPS) is 19.6. The second kappa shape index (κ2) is 6.10. The minimum absolute atomic E-state index is 0.0511. The van der Waals surface area contributed by atoms with Crippen molar-refractivity contribution in [3.8, 4) is 0 Å².